The highest BCUT2D eigenvalue weighted by atomic mass is 32.2. The molecule has 0 aliphatic carbocycles. The quantitative estimate of drug-likeness (QED) is 0.793. The average molecular weight is 387 g/mol. The fourth-order valence-corrected chi connectivity index (χ4v) is 4.27. The molecule has 1 aliphatic heterocycles. The van der Waals surface area contributed by atoms with Gasteiger partial charge in [-0.2, -0.15) is 0 Å². The highest BCUT2D eigenvalue weighted by Gasteiger charge is 2.22. The number of benzene rings is 2. The van der Waals surface area contributed by atoms with Crippen molar-refractivity contribution in [1.29, 1.82) is 0 Å². The van der Waals surface area contributed by atoms with Crippen molar-refractivity contribution in [2.45, 2.75) is 30.4 Å². The van der Waals surface area contributed by atoms with Crippen molar-refractivity contribution in [3.63, 3.8) is 0 Å². The number of para-hydroxylation sites is 1. The minimum Gasteiger partial charge on any atom is -0.368 e. The van der Waals surface area contributed by atoms with Crippen LogP contribution in [0.4, 0.5) is 5.69 Å². The van der Waals surface area contributed by atoms with Crippen LogP contribution in [0.1, 0.15) is 19.4 Å². The molecule has 1 saturated heterocycles. The van der Waals surface area contributed by atoms with E-state index in [1.807, 2.05) is 23.1 Å². The zero-order valence-corrected chi connectivity index (χ0v) is 16.7. The summed E-state index contributed by atoms with van der Waals surface area (Å²) in [5, 5.41) is -0.453. The third kappa shape index (κ3) is 4.50. The van der Waals surface area contributed by atoms with Crippen LogP contribution in [0.5, 0.6) is 0 Å². The van der Waals surface area contributed by atoms with E-state index >= 15 is 0 Å². The van der Waals surface area contributed by atoms with Gasteiger partial charge in [0.15, 0.2) is 9.84 Å². The van der Waals surface area contributed by atoms with Crippen molar-refractivity contribution >= 4 is 21.4 Å². The van der Waals surface area contributed by atoms with E-state index in [4.69, 9.17) is 0 Å². The summed E-state index contributed by atoms with van der Waals surface area (Å²) in [6.07, 6.45) is 0.299. The predicted octanol–water partition coefficient (Wildman–Crippen LogP) is 2.76. The van der Waals surface area contributed by atoms with E-state index in [0.717, 1.165) is 18.7 Å². The third-order valence-electron chi connectivity index (χ3n) is 4.98. The topological polar surface area (TPSA) is 57.7 Å². The number of hydrogen-bond donors (Lipinski definition) is 0. The van der Waals surface area contributed by atoms with Crippen LogP contribution >= 0.6 is 0 Å². The minimum absolute atomic E-state index is 0.0854. The molecular formula is C21H26N2O3S. The molecule has 5 nitrogen and oxygen atoms in total. The van der Waals surface area contributed by atoms with Gasteiger partial charge in [-0.05, 0) is 43.7 Å². The van der Waals surface area contributed by atoms with Gasteiger partial charge in [0.2, 0.25) is 5.91 Å². The highest BCUT2D eigenvalue weighted by molar-refractivity contribution is 7.92. The zero-order valence-electron chi connectivity index (χ0n) is 15.8. The Morgan fingerprint density at radius 3 is 2.07 bits per heavy atom. The van der Waals surface area contributed by atoms with Gasteiger partial charge in [-0.25, -0.2) is 8.42 Å². The van der Waals surface area contributed by atoms with Crippen LogP contribution in [0.3, 0.4) is 0 Å². The maximum atomic E-state index is 12.6. The van der Waals surface area contributed by atoms with E-state index in [9.17, 15) is 13.2 Å². The maximum absolute atomic E-state index is 12.6. The smallest absolute Gasteiger partial charge is 0.227 e. The number of anilines is 1. The molecule has 144 valence electrons. The molecule has 6 heteroatoms. The third-order valence-corrected chi connectivity index (χ3v) is 7.15. The first-order chi connectivity index (χ1) is 12.9. The van der Waals surface area contributed by atoms with Gasteiger partial charge in [-0.3, -0.25) is 4.79 Å². The number of carbonyl (C=O) groups is 1. The lowest BCUT2D eigenvalue weighted by atomic mass is 10.1. The molecule has 0 spiro atoms. The van der Waals surface area contributed by atoms with Gasteiger partial charge in [0.05, 0.1) is 16.6 Å². The zero-order chi connectivity index (χ0) is 19.4. The number of nitrogens with zero attached hydrogens (tertiary/aromatic N) is 2. The number of rotatable bonds is 5. The molecule has 27 heavy (non-hydrogen) atoms. The van der Waals surface area contributed by atoms with E-state index in [1.165, 1.54) is 5.69 Å². The van der Waals surface area contributed by atoms with Gasteiger partial charge in [0.1, 0.15) is 0 Å². The summed E-state index contributed by atoms with van der Waals surface area (Å²) >= 11 is 0. The molecule has 0 radical (unpaired) electrons. The largest absolute Gasteiger partial charge is 0.368 e. The molecule has 0 saturated carbocycles. The number of piperazine rings is 1. The summed E-state index contributed by atoms with van der Waals surface area (Å²) in [7, 11) is -3.28. The molecule has 0 unspecified atom stereocenters. The van der Waals surface area contributed by atoms with Crippen molar-refractivity contribution in [1.82, 2.24) is 4.90 Å². The van der Waals surface area contributed by atoms with E-state index in [0.29, 0.717) is 24.4 Å². The maximum Gasteiger partial charge on any atom is 0.227 e. The summed E-state index contributed by atoms with van der Waals surface area (Å²) in [6, 6.07) is 16.9. The minimum atomic E-state index is -3.28. The molecular weight excluding hydrogens is 360 g/mol. The van der Waals surface area contributed by atoms with Gasteiger partial charge in [-0.1, -0.05) is 30.3 Å². The summed E-state index contributed by atoms with van der Waals surface area (Å²) in [4.78, 5) is 17.1. The molecule has 1 fully saturated rings. The molecule has 3 rings (SSSR count). The first kappa shape index (κ1) is 19.4. The van der Waals surface area contributed by atoms with E-state index in [-0.39, 0.29) is 5.91 Å². The SMILES string of the molecule is CC(C)S(=O)(=O)c1ccc(CC(=O)N2CCN(c3ccccc3)CC2)cc1. The molecule has 2 aromatic carbocycles. The monoisotopic (exact) mass is 386 g/mol. The Morgan fingerprint density at radius 2 is 1.52 bits per heavy atom. The van der Waals surface area contributed by atoms with Crippen molar-refractivity contribution in [3.05, 3.63) is 60.2 Å². The van der Waals surface area contributed by atoms with Crippen molar-refractivity contribution in [3.8, 4) is 0 Å². The van der Waals surface area contributed by atoms with Crippen LogP contribution < -0.4 is 4.90 Å². The normalized spacial score (nSPS) is 15.2. The number of amides is 1. The predicted molar refractivity (Wildman–Crippen MR) is 108 cm³/mol. The van der Waals surface area contributed by atoms with Crippen LogP contribution in [0.25, 0.3) is 0 Å². The lowest BCUT2D eigenvalue weighted by Crippen LogP contribution is -2.49. The Bertz CT molecular complexity index is 869. The second-order valence-electron chi connectivity index (χ2n) is 7.12. The first-order valence-corrected chi connectivity index (χ1v) is 10.8. The van der Waals surface area contributed by atoms with Crippen LogP contribution in [-0.4, -0.2) is 50.7 Å². The molecule has 2 aromatic rings. The Morgan fingerprint density at radius 1 is 0.926 bits per heavy atom. The lowest BCUT2D eigenvalue weighted by molar-refractivity contribution is -0.130. The molecule has 1 amide bonds. The molecule has 0 bridgehead atoms. The second-order valence-corrected chi connectivity index (χ2v) is 9.62. The van der Waals surface area contributed by atoms with Gasteiger partial charge in [-0.15, -0.1) is 0 Å². The standard InChI is InChI=1S/C21H26N2O3S/c1-17(2)27(25,26)20-10-8-18(9-11-20)16-21(24)23-14-12-22(13-15-23)19-6-4-3-5-7-19/h3-11,17H,12-16H2,1-2H3. The summed E-state index contributed by atoms with van der Waals surface area (Å²) in [6.45, 7) is 6.38. The number of carbonyl (C=O) groups excluding carboxylic acids is 1. The van der Waals surface area contributed by atoms with E-state index in [2.05, 4.69) is 17.0 Å². The van der Waals surface area contributed by atoms with Crippen LogP contribution in [0.15, 0.2) is 59.5 Å². The average Bonchev–Trinajstić information content (AvgIpc) is 2.69. The van der Waals surface area contributed by atoms with Gasteiger partial charge < -0.3 is 9.80 Å². The Balaban J connectivity index is 1.57. The van der Waals surface area contributed by atoms with Crippen LogP contribution in [0.2, 0.25) is 0 Å². The summed E-state index contributed by atoms with van der Waals surface area (Å²) in [5.41, 5.74) is 2.03. The second kappa shape index (κ2) is 8.13. The number of sulfone groups is 1. The Hall–Kier alpha value is -2.34. The van der Waals surface area contributed by atoms with E-state index in [1.54, 1.807) is 38.1 Å². The fourth-order valence-electron chi connectivity index (χ4n) is 3.21. The van der Waals surface area contributed by atoms with Gasteiger partial charge in [0, 0.05) is 31.9 Å². The van der Waals surface area contributed by atoms with Crippen molar-refractivity contribution in [2.75, 3.05) is 31.1 Å². The van der Waals surface area contributed by atoms with E-state index < -0.39 is 15.1 Å². The molecule has 0 aromatic heterocycles. The highest BCUT2D eigenvalue weighted by Crippen LogP contribution is 2.18. The van der Waals surface area contributed by atoms with Crippen LogP contribution in [0, 0.1) is 0 Å². The van der Waals surface area contributed by atoms with Crippen LogP contribution in [-0.2, 0) is 21.1 Å². The first-order valence-electron chi connectivity index (χ1n) is 9.28. The Labute approximate surface area is 161 Å². The van der Waals surface area contributed by atoms with Gasteiger partial charge in [0.25, 0.3) is 0 Å². The molecule has 1 aliphatic rings. The molecule has 0 atom stereocenters. The molecule has 0 N–H and O–H groups in total. The van der Waals surface area contributed by atoms with Gasteiger partial charge >= 0.3 is 0 Å². The number of hydrogen-bond acceptors (Lipinski definition) is 4. The van der Waals surface area contributed by atoms with Crippen molar-refractivity contribution in [2.24, 2.45) is 0 Å². The fraction of sp³-hybridized carbons (Fsp3) is 0.381. The Kier molecular flexibility index (Phi) is 5.85. The van der Waals surface area contributed by atoms with Crippen molar-refractivity contribution < 1.29 is 13.2 Å². The lowest BCUT2D eigenvalue weighted by Gasteiger charge is -2.36. The summed E-state index contributed by atoms with van der Waals surface area (Å²) in [5.74, 6) is 0.0854. The summed E-state index contributed by atoms with van der Waals surface area (Å²) < 4.78 is 24.4. The molecule has 1 heterocycles.